The molecule has 1 aromatic carbocycles. The first-order chi connectivity index (χ1) is 11.1. The van der Waals surface area contributed by atoms with Gasteiger partial charge in [0.05, 0.1) is 32.3 Å². The monoisotopic (exact) mass is 340 g/mol. The summed E-state index contributed by atoms with van der Waals surface area (Å²) in [5.41, 5.74) is 0.910. The Kier molecular flexibility index (Phi) is 5.50. The SMILES string of the molecule is O=C1CC(c2ccc(Cl)cc2)ON1CC(O)CN1CCOCC1. The number of aliphatic hydroxyl groups excluding tert-OH is 1. The van der Waals surface area contributed by atoms with Gasteiger partial charge in [0, 0.05) is 24.7 Å². The Labute approximate surface area is 140 Å². The van der Waals surface area contributed by atoms with Crippen molar-refractivity contribution < 1.29 is 19.5 Å². The van der Waals surface area contributed by atoms with Crippen LogP contribution in [0.15, 0.2) is 24.3 Å². The highest BCUT2D eigenvalue weighted by Crippen LogP contribution is 2.30. The molecular weight excluding hydrogens is 320 g/mol. The van der Waals surface area contributed by atoms with Crippen LogP contribution in [0.5, 0.6) is 0 Å². The van der Waals surface area contributed by atoms with E-state index in [1.807, 2.05) is 12.1 Å². The molecule has 23 heavy (non-hydrogen) atoms. The number of ether oxygens (including phenoxy) is 1. The second-order valence-electron chi connectivity index (χ2n) is 5.87. The normalized spacial score (nSPS) is 24.2. The van der Waals surface area contributed by atoms with Gasteiger partial charge in [-0.25, -0.2) is 5.06 Å². The van der Waals surface area contributed by atoms with Crippen LogP contribution in [0.1, 0.15) is 18.1 Å². The van der Waals surface area contributed by atoms with Crippen LogP contribution in [0.4, 0.5) is 0 Å². The fourth-order valence-corrected chi connectivity index (χ4v) is 2.97. The van der Waals surface area contributed by atoms with Crippen molar-refractivity contribution in [1.29, 1.82) is 0 Å². The summed E-state index contributed by atoms with van der Waals surface area (Å²) in [5, 5.41) is 12.1. The predicted octanol–water partition coefficient (Wildman–Crippen LogP) is 1.24. The van der Waals surface area contributed by atoms with Gasteiger partial charge in [0.15, 0.2) is 0 Å². The molecule has 0 bridgehead atoms. The largest absolute Gasteiger partial charge is 0.390 e. The maximum atomic E-state index is 12.1. The molecule has 2 fully saturated rings. The van der Waals surface area contributed by atoms with Gasteiger partial charge in [0.2, 0.25) is 5.91 Å². The average molecular weight is 341 g/mol. The summed E-state index contributed by atoms with van der Waals surface area (Å²) in [6, 6.07) is 7.27. The Morgan fingerprint density at radius 3 is 2.61 bits per heavy atom. The molecule has 2 saturated heterocycles. The van der Waals surface area contributed by atoms with Crippen LogP contribution in [-0.4, -0.2) is 66.5 Å². The minimum Gasteiger partial charge on any atom is -0.390 e. The molecule has 0 aliphatic carbocycles. The van der Waals surface area contributed by atoms with Crippen molar-refractivity contribution in [3.63, 3.8) is 0 Å². The molecule has 2 atom stereocenters. The minimum atomic E-state index is -0.638. The van der Waals surface area contributed by atoms with Crippen molar-refractivity contribution in [2.45, 2.75) is 18.6 Å². The predicted molar refractivity (Wildman–Crippen MR) is 84.9 cm³/mol. The zero-order valence-electron chi connectivity index (χ0n) is 12.9. The number of hydroxylamine groups is 2. The first-order valence-corrected chi connectivity index (χ1v) is 8.20. The highest BCUT2D eigenvalue weighted by atomic mass is 35.5. The number of benzene rings is 1. The summed E-state index contributed by atoms with van der Waals surface area (Å²) in [6.07, 6.45) is -0.664. The molecule has 0 spiro atoms. The number of aliphatic hydroxyl groups is 1. The first kappa shape index (κ1) is 16.7. The van der Waals surface area contributed by atoms with Crippen LogP contribution in [0.2, 0.25) is 5.02 Å². The number of hydrogen-bond donors (Lipinski definition) is 1. The summed E-state index contributed by atoms with van der Waals surface area (Å²) < 4.78 is 5.28. The number of halogens is 1. The molecular formula is C16H21ClN2O4. The van der Waals surface area contributed by atoms with Crippen LogP contribution in [0.3, 0.4) is 0 Å². The Balaban J connectivity index is 1.52. The van der Waals surface area contributed by atoms with E-state index >= 15 is 0 Å². The van der Waals surface area contributed by atoms with Crippen LogP contribution in [0, 0.1) is 0 Å². The number of hydrogen-bond acceptors (Lipinski definition) is 5. The number of morpholine rings is 1. The number of carbonyl (C=O) groups is 1. The van der Waals surface area contributed by atoms with E-state index < -0.39 is 6.10 Å². The second kappa shape index (κ2) is 7.59. The molecule has 2 aliphatic rings. The molecule has 1 amide bonds. The van der Waals surface area contributed by atoms with E-state index in [4.69, 9.17) is 21.2 Å². The smallest absolute Gasteiger partial charge is 0.249 e. The minimum absolute atomic E-state index is 0.106. The van der Waals surface area contributed by atoms with E-state index in [-0.39, 0.29) is 25.0 Å². The number of amides is 1. The second-order valence-corrected chi connectivity index (χ2v) is 6.31. The summed E-state index contributed by atoms with van der Waals surface area (Å²) in [7, 11) is 0. The third kappa shape index (κ3) is 4.43. The summed E-state index contributed by atoms with van der Waals surface area (Å²) in [5.74, 6) is -0.106. The Hall–Kier alpha value is -1.18. The van der Waals surface area contributed by atoms with E-state index in [2.05, 4.69) is 4.90 Å². The maximum absolute atomic E-state index is 12.1. The molecule has 0 saturated carbocycles. The van der Waals surface area contributed by atoms with E-state index in [1.54, 1.807) is 12.1 Å². The fraction of sp³-hybridized carbons (Fsp3) is 0.562. The third-order valence-corrected chi connectivity index (χ3v) is 4.34. The van der Waals surface area contributed by atoms with Crippen LogP contribution in [-0.2, 0) is 14.4 Å². The molecule has 6 nitrogen and oxygen atoms in total. The quantitative estimate of drug-likeness (QED) is 0.873. The van der Waals surface area contributed by atoms with Crippen molar-refractivity contribution in [2.75, 3.05) is 39.4 Å². The lowest BCUT2D eigenvalue weighted by atomic mass is 10.1. The Morgan fingerprint density at radius 1 is 1.22 bits per heavy atom. The van der Waals surface area contributed by atoms with Gasteiger partial charge in [0.25, 0.3) is 0 Å². The van der Waals surface area contributed by atoms with Crippen LogP contribution in [0.25, 0.3) is 0 Å². The zero-order valence-corrected chi connectivity index (χ0v) is 13.6. The zero-order chi connectivity index (χ0) is 16.2. The van der Waals surface area contributed by atoms with Crippen molar-refractivity contribution in [3.8, 4) is 0 Å². The lowest BCUT2D eigenvalue weighted by Gasteiger charge is -2.29. The van der Waals surface area contributed by atoms with Crippen LogP contribution < -0.4 is 0 Å². The van der Waals surface area contributed by atoms with Crippen molar-refractivity contribution in [1.82, 2.24) is 9.96 Å². The van der Waals surface area contributed by atoms with Gasteiger partial charge in [-0.1, -0.05) is 23.7 Å². The third-order valence-electron chi connectivity index (χ3n) is 4.08. The van der Waals surface area contributed by atoms with E-state index in [0.29, 0.717) is 24.8 Å². The van der Waals surface area contributed by atoms with Crippen molar-refractivity contribution in [2.24, 2.45) is 0 Å². The molecule has 7 heteroatoms. The summed E-state index contributed by atoms with van der Waals surface area (Å²) in [4.78, 5) is 19.9. The molecule has 1 N–H and O–H groups in total. The van der Waals surface area contributed by atoms with Crippen molar-refractivity contribution in [3.05, 3.63) is 34.9 Å². The summed E-state index contributed by atoms with van der Waals surface area (Å²) >= 11 is 5.87. The number of nitrogens with zero attached hydrogens (tertiary/aromatic N) is 2. The van der Waals surface area contributed by atoms with E-state index in [1.165, 1.54) is 5.06 Å². The topological polar surface area (TPSA) is 62.2 Å². The van der Waals surface area contributed by atoms with Gasteiger partial charge in [-0.2, -0.15) is 0 Å². The van der Waals surface area contributed by atoms with Gasteiger partial charge in [-0.3, -0.25) is 14.5 Å². The van der Waals surface area contributed by atoms with Gasteiger partial charge in [0.1, 0.15) is 6.10 Å². The van der Waals surface area contributed by atoms with Gasteiger partial charge < -0.3 is 9.84 Å². The molecule has 2 unspecified atom stereocenters. The van der Waals surface area contributed by atoms with Gasteiger partial charge in [-0.05, 0) is 17.7 Å². The average Bonchev–Trinajstić information content (AvgIpc) is 2.90. The van der Waals surface area contributed by atoms with Gasteiger partial charge in [-0.15, -0.1) is 0 Å². The standard InChI is InChI=1S/C16H21ClN2O4/c17-13-3-1-12(2-4-13)15-9-16(21)19(23-15)11-14(20)10-18-5-7-22-8-6-18/h1-4,14-15,20H,5-11H2. The Bertz CT molecular complexity index is 533. The molecule has 3 rings (SSSR count). The summed E-state index contributed by atoms with van der Waals surface area (Å²) in [6.45, 7) is 3.68. The number of β-amino-alcohol motifs (C(OH)–C–C–N with tert-alkyl or cyclic N) is 1. The highest BCUT2D eigenvalue weighted by molar-refractivity contribution is 6.30. The molecule has 1 aromatic rings. The number of carbonyl (C=O) groups excluding carboxylic acids is 1. The lowest BCUT2D eigenvalue weighted by molar-refractivity contribution is -0.182. The van der Waals surface area contributed by atoms with Crippen LogP contribution >= 0.6 is 11.6 Å². The highest BCUT2D eigenvalue weighted by Gasteiger charge is 2.33. The molecule has 0 aromatic heterocycles. The molecule has 2 heterocycles. The molecule has 2 aliphatic heterocycles. The van der Waals surface area contributed by atoms with Gasteiger partial charge >= 0.3 is 0 Å². The fourth-order valence-electron chi connectivity index (χ4n) is 2.84. The maximum Gasteiger partial charge on any atom is 0.249 e. The number of rotatable bonds is 5. The molecule has 0 radical (unpaired) electrons. The first-order valence-electron chi connectivity index (χ1n) is 7.82. The Morgan fingerprint density at radius 2 is 1.91 bits per heavy atom. The lowest BCUT2D eigenvalue weighted by Crippen LogP contribution is -2.44. The van der Waals surface area contributed by atoms with E-state index in [0.717, 1.165) is 18.7 Å². The van der Waals surface area contributed by atoms with Crippen molar-refractivity contribution >= 4 is 17.5 Å². The van der Waals surface area contributed by atoms with E-state index in [9.17, 15) is 9.90 Å². The molecule has 126 valence electrons.